The van der Waals surface area contributed by atoms with Crippen molar-refractivity contribution in [3.05, 3.63) is 53.3 Å². The van der Waals surface area contributed by atoms with Crippen molar-refractivity contribution in [1.82, 2.24) is 14.7 Å². The van der Waals surface area contributed by atoms with Crippen molar-refractivity contribution in [3.63, 3.8) is 0 Å². The Labute approximate surface area is 120 Å². The Hall–Kier alpha value is -2.05. The highest BCUT2D eigenvalue weighted by atomic mass is 15.3. The number of benzene rings is 1. The first-order chi connectivity index (χ1) is 9.79. The summed E-state index contributed by atoms with van der Waals surface area (Å²) in [4.78, 5) is 2.38. The lowest BCUT2D eigenvalue weighted by Gasteiger charge is -2.27. The summed E-state index contributed by atoms with van der Waals surface area (Å²) in [6.07, 6.45) is 9.71. The molecule has 1 aromatic heterocycles. The van der Waals surface area contributed by atoms with E-state index in [4.69, 9.17) is 6.42 Å². The molecule has 3 nitrogen and oxygen atoms in total. The van der Waals surface area contributed by atoms with E-state index in [1.165, 1.54) is 16.8 Å². The van der Waals surface area contributed by atoms with Crippen molar-refractivity contribution in [2.75, 3.05) is 6.54 Å². The van der Waals surface area contributed by atoms with Gasteiger partial charge in [0, 0.05) is 25.8 Å². The van der Waals surface area contributed by atoms with E-state index in [1.54, 1.807) is 0 Å². The van der Waals surface area contributed by atoms with Crippen LogP contribution in [0.25, 0.3) is 0 Å². The molecule has 20 heavy (non-hydrogen) atoms. The topological polar surface area (TPSA) is 21.1 Å². The maximum atomic E-state index is 5.57. The number of hydrogen-bond donors (Lipinski definition) is 0. The maximum Gasteiger partial charge on any atom is 0.0608 e. The Kier molecular flexibility index (Phi) is 3.58. The lowest BCUT2D eigenvalue weighted by Crippen LogP contribution is -2.28. The highest BCUT2D eigenvalue weighted by Crippen LogP contribution is 2.36. The lowest BCUT2D eigenvalue weighted by atomic mass is 10.1. The van der Waals surface area contributed by atoms with Crippen molar-refractivity contribution in [3.8, 4) is 12.3 Å². The standard InChI is InChI=1S/C17H19N3/c1-3-12-20(13-15-10-11-18-19(15)2)17-9-8-14-6-4-5-7-16(14)17/h1,4-7,10-11,17H,8-9,12-13H2,2H3/t17-/m1/s1. The zero-order valence-electron chi connectivity index (χ0n) is 11.8. The molecule has 1 aliphatic rings. The van der Waals surface area contributed by atoms with Crippen LogP contribution in [0.15, 0.2) is 36.5 Å². The van der Waals surface area contributed by atoms with Crippen molar-refractivity contribution in [1.29, 1.82) is 0 Å². The Bertz CT molecular complexity index is 636. The van der Waals surface area contributed by atoms with Gasteiger partial charge < -0.3 is 0 Å². The summed E-state index contributed by atoms with van der Waals surface area (Å²) in [5.41, 5.74) is 4.10. The molecule has 1 aliphatic carbocycles. The molecule has 3 heteroatoms. The van der Waals surface area contributed by atoms with Gasteiger partial charge in [0.05, 0.1) is 12.2 Å². The number of terminal acetylenes is 1. The smallest absolute Gasteiger partial charge is 0.0608 e. The third-order valence-corrected chi connectivity index (χ3v) is 4.12. The van der Waals surface area contributed by atoms with Crippen molar-refractivity contribution < 1.29 is 0 Å². The van der Waals surface area contributed by atoms with Gasteiger partial charge in [-0.15, -0.1) is 6.42 Å². The zero-order valence-corrected chi connectivity index (χ0v) is 11.8. The van der Waals surface area contributed by atoms with Gasteiger partial charge in [-0.3, -0.25) is 9.58 Å². The Morgan fingerprint density at radius 1 is 1.40 bits per heavy atom. The molecule has 102 valence electrons. The third kappa shape index (κ3) is 2.35. The molecule has 1 aromatic carbocycles. The number of rotatable bonds is 4. The van der Waals surface area contributed by atoms with Gasteiger partial charge in [0.15, 0.2) is 0 Å². The Balaban J connectivity index is 1.85. The first-order valence-electron chi connectivity index (χ1n) is 7.02. The molecule has 0 fully saturated rings. The second-order valence-electron chi connectivity index (χ2n) is 5.31. The predicted molar refractivity (Wildman–Crippen MR) is 80.0 cm³/mol. The molecule has 1 heterocycles. The van der Waals surface area contributed by atoms with Gasteiger partial charge in [0.1, 0.15) is 0 Å². The number of hydrogen-bond acceptors (Lipinski definition) is 2. The predicted octanol–water partition coefficient (Wildman–Crippen LogP) is 2.54. The van der Waals surface area contributed by atoms with E-state index in [-0.39, 0.29) is 0 Å². The molecule has 1 atom stereocenters. The molecule has 0 N–H and O–H groups in total. The number of nitrogens with zero attached hydrogens (tertiary/aromatic N) is 3. The van der Waals surface area contributed by atoms with Crippen molar-refractivity contribution >= 4 is 0 Å². The van der Waals surface area contributed by atoms with E-state index in [9.17, 15) is 0 Å². The van der Waals surface area contributed by atoms with Crippen LogP contribution in [0.1, 0.15) is 29.3 Å². The molecule has 0 bridgehead atoms. The van der Waals surface area contributed by atoms with Gasteiger partial charge in [-0.1, -0.05) is 30.2 Å². The SMILES string of the molecule is C#CCN(Cc1ccnn1C)[C@@H]1CCc2ccccc21. The molecule has 0 unspecified atom stereocenters. The minimum absolute atomic E-state index is 0.428. The van der Waals surface area contributed by atoms with E-state index in [2.05, 4.69) is 46.3 Å². The molecule has 0 spiro atoms. The molecule has 2 aromatic rings. The van der Waals surface area contributed by atoms with Crippen LogP contribution in [0.5, 0.6) is 0 Å². The molecule has 0 radical (unpaired) electrons. The second kappa shape index (κ2) is 5.52. The van der Waals surface area contributed by atoms with Gasteiger partial charge in [0.25, 0.3) is 0 Å². The summed E-state index contributed by atoms with van der Waals surface area (Å²) in [5.74, 6) is 2.80. The summed E-state index contributed by atoms with van der Waals surface area (Å²) in [5, 5.41) is 4.24. The quantitative estimate of drug-likeness (QED) is 0.792. The summed E-state index contributed by atoms with van der Waals surface area (Å²) in [6.45, 7) is 1.52. The van der Waals surface area contributed by atoms with Crippen molar-refractivity contribution in [2.24, 2.45) is 7.05 Å². The molecule has 0 amide bonds. The van der Waals surface area contributed by atoms with Crippen LogP contribution < -0.4 is 0 Å². The molecule has 0 aliphatic heterocycles. The van der Waals surface area contributed by atoms with Crippen LogP contribution in [0, 0.1) is 12.3 Å². The molecule has 0 saturated heterocycles. The average molecular weight is 265 g/mol. The fourth-order valence-electron chi connectivity index (χ4n) is 3.07. The normalized spacial score (nSPS) is 17.1. The maximum absolute atomic E-state index is 5.57. The zero-order chi connectivity index (χ0) is 13.9. The molecular weight excluding hydrogens is 246 g/mol. The number of fused-ring (bicyclic) bond motifs is 1. The van der Waals surface area contributed by atoms with Gasteiger partial charge in [-0.2, -0.15) is 5.10 Å². The number of aryl methyl sites for hydroxylation is 2. The first kappa shape index (κ1) is 13.0. The van der Waals surface area contributed by atoms with E-state index >= 15 is 0 Å². The largest absolute Gasteiger partial charge is 0.279 e. The number of aromatic nitrogens is 2. The third-order valence-electron chi connectivity index (χ3n) is 4.12. The van der Waals surface area contributed by atoms with Crippen LogP contribution >= 0.6 is 0 Å². The van der Waals surface area contributed by atoms with Crippen LogP contribution in [-0.4, -0.2) is 21.2 Å². The lowest BCUT2D eigenvalue weighted by molar-refractivity contribution is 0.208. The van der Waals surface area contributed by atoms with Gasteiger partial charge in [-0.05, 0) is 30.0 Å². The van der Waals surface area contributed by atoms with E-state index in [0.29, 0.717) is 12.6 Å². The molecule has 3 rings (SSSR count). The Morgan fingerprint density at radius 2 is 2.25 bits per heavy atom. The highest BCUT2D eigenvalue weighted by molar-refractivity contribution is 5.34. The van der Waals surface area contributed by atoms with Crippen LogP contribution in [0.3, 0.4) is 0 Å². The Morgan fingerprint density at radius 3 is 3.00 bits per heavy atom. The summed E-state index contributed by atoms with van der Waals surface area (Å²) in [6, 6.07) is 11.2. The monoisotopic (exact) mass is 265 g/mol. The van der Waals surface area contributed by atoms with Gasteiger partial charge >= 0.3 is 0 Å². The fourth-order valence-corrected chi connectivity index (χ4v) is 3.07. The molecule has 0 saturated carbocycles. The van der Waals surface area contributed by atoms with E-state index in [0.717, 1.165) is 19.4 Å². The minimum Gasteiger partial charge on any atom is -0.279 e. The first-order valence-corrected chi connectivity index (χ1v) is 7.02. The van der Waals surface area contributed by atoms with Crippen LogP contribution in [0.2, 0.25) is 0 Å². The van der Waals surface area contributed by atoms with Crippen molar-refractivity contribution in [2.45, 2.75) is 25.4 Å². The fraction of sp³-hybridized carbons (Fsp3) is 0.353. The van der Waals surface area contributed by atoms with E-state index in [1.807, 2.05) is 17.9 Å². The summed E-state index contributed by atoms with van der Waals surface area (Å²) >= 11 is 0. The van der Waals surface area contributed by atoms with Crippen LogP contribution in [-0.2, 0) is 20.0 Å². The minimum atomic E-state index is 0.428. The van der Waals surface area contributed by atoms with Crippen LogP contribution in [0.4, 0.5) is 0 Å². The second-order valence-corrected chi connectivity index (χ2v) is 5.31. The summed E-state index contributed by atoms with van der Waals surface area (Å²) in [7, 11) is 1.98. The highest BCUT2D eigenvalue weighted by Gasteiger charge is 2.27. The molecular formula is C17H19N3. The summed E-state index contributed by atoms with van der Waals surface area (Å²) < 4.78 is 1.92. The average Bonchev–Trinajstić information content (AvgIpc) is 3.05. The van der Waals surface area contributed by atoms with Gasteiger partial charge in [0.2, 0.25) is 0 Å². The van der Waals surface area contributed by atoms with E-state index < -0.39 is 0 Å². The van der Waals surface area contributed by atoms with Gasteiger partial charge in [-0.25, -0.2) is 0 Å².